The first-order chi connectivity index (χ1) is 7.22. The SMILES string of the molecule is COC(=O)C[C@@H](N)C#Cc1ccccc1. The van der Waals surface area contributed by atoms with Crippen molar-refractivity contribution in [2.75, 3.05) is 7.11 Å². The number of hydrogen-bond donors (Lipinski definition) is 1. The molecule has 1 aromatic rings. The Morgan fingerprint density at radius 2 is 2.13 bits per heavy atom. The van der Waals surface area contributed by atoms with Crippen LogP contribution in [0.4, 0.5) is 0 Å². The highest BCUT2D eigenvalue weighted by atomic mass is 16.5. The number of nitrogens with two attached hydrogens (primary N) is 1. The molecule has 0 unspecified atom stereocenters. The number of rotatable bonds is 2. The minimum absolute atomic E-state index is 0.121. The molecule has 0 aliphatic rings. The van der Waals surface area contributed by atoms with Crippen LogP contribution >= 0.6 is 0 Å². The number of methoxy groups -OCH3 is 1. The van der Waals surface area contributed by atoms with Gasteiger partial charge in [0.1, 0.15) is 0 Å². The number of hydrogen-bond acceptors (Lipinski definition) is 3. The van der Waals surface area contributed by atoms with Gasteiger partial charge in [-0.15, -0.1) is 0 Å². The molecule has 0 saturated carbocycles. The molecule has 0 heterocycles. The summed E-state index contributed by atoms with van der Waals surface area (Å²) in [6.45, 7) is 0. The molecule has 0 radical (unpaired) electrons. The molecule has 1 rings (SSSR count). The van der Waals surface area contributed by atoms with Crippen LogP contribution in [-0.2, 0) is 9.53 Å². The van der Waals surface area contributed by atoms with E-state index in [4.69, 9.17) is 5.73 Å². The highest BCUT2D eigenvalue weighted by Crippen LogP contribution is 1.96. The minimum atomic E-state index is -0.474. The molecule has 15 heavy (non-hydrogen) atoms. The zero-order valence-corrected chi connectivity index (χ0v) is 8.57. The third kappa shape index (κ3) is 4.30. The first-order valence-corrected chi connectivity index (χ1v) is 4.61. The molecule has 1 atom stereocenters. The van der Waals surface area contributed by atoms with Crippen molar-refractivity contribution in [2.24, 2.45) is 5.73 Å². The topological polar surface area (TPSA) is 52.3 Å². The second kappa shape index (κ2) is 5.84. The Morgan fingerprint density at radius 1 is 1.47 bits per heavy atom. The summed E-state index contributed by atoms with van der Waals surface area (Å²) in [5.74, 6) is 5.34. The Bertz CT molecular complexity index is 376. The normalized spacial score (nSPS) is 11.1. The Labute approximate surface area is 89.2 Å². The standard InChI is InChI=1S/C12H13NO2/c1-15-12(14)9-11(13)8-7-10-5-3-2-4-6-10/h2-6,11H,9,13H2,1H3/t11-/m0/s1. The van der Waals surface area contributed by atoms with Gasteiger partial charge in [0.15, 0.2) is 0 Å². The van der Waals surface area contributed by atoms with Crippen LogP contribution in [0, 0.1) is 11.8 Å². The summed E-state index contributed by atoms with van der Waals surface area (Å²) in [7, 11) is 1.33. The van der Waals surface area contributed by atoms with Crippen molar-refractivity contribution in [2.45, 2.75) is 12.5 Å². The molecule has 0 amide bonds. The van der Waals surface area contributed by atoms with Crippen LogP contribution in [0.3, 0.4) is 0 Å². The Kier molecular flexibility index (Phi) is 4.39. The van der Waals surface area contributed by atoms with Gasteiger partial charge in [0, 0.05) is 5.56 Å². The predicted octanol–water partition coefficient (Wildman–Crippen LogP) is 0.928. The van der Waals surface area contributed by atoms with Gasteiger partial charge in [-0.05, 0) is 12.1 Å². The van der Waals surface area contributed by atoms with Gasteiger partial charge >= 0.3 is 5.97 Å². The molecule has 78 valence electrons. The van der Waals surface area contributed by atoms with E-state index in [1.807, 2.05) is 30.3 Å². The van der Waals surface area contributed by atoms with Crippen molar-refractivity contribution in [3.8, 4) is 11.8 Å². The second-order valence-electron chi connectivity index (χ2n) is 3.02. The molecule has 0 aliphatic heterocycles. The highest BCUT2D eigenvalue weighted by Gasteiger charge is 2.05. The summed E-state index contributed by atoms with van der Waals surface area (Å²) >= 11 is 0. The van der Waals surface area contributed by atoms with Crippen molar-refractivity contribution >= 4 is 5.97 Å². The van der Waals surface area contributed by atoms with E-state index in [0.29, 0.717) is 0 Å². The number of carbonyl (C=O) groups is 1. The average Bonchev–Trinajstić information content (AvgIpc) is 2.27. The Hall–Kier alpha value is -1.79. The zero-order chi connectivity index (χ0) is 11.1. The fourth-order valence-electron chi connectivity index (χ4n) is 1.01. The molecule has 3 heteroatoms. The number of benzene rings is 1. The van der Waals surface area contributed by atoms with Crippen molar-refractivity contribution in [1.82, 2.24) is 0 Å². The maximum Gasteiger partial charge on any atom is 0.308 e. The largest absolute Gasteiger partial charge is 0.469 e. The van der Waals surface area contributed by atoms with Crippen LogP contribution < -0.4 is 5.73 Å². The minimum Gasteiger partial charge on any atom is -0.469 e. The van der Waals surface area contributed by atoms with E-state index in [1.165, 1.54) is 7.11 Å². The zero-order valence-electron chi connectivity index (χ0n) is 8.57. The molecule has 0 saturated heterocycles. The summed E-state index contributed by atoms with van der Waals surface area (Å²) in [5.41, 5.74) is 6.51. The monoisotopic (exact) mass is 203 g/mol. The lowest BCUT2D eigenvalue weighted by molar-refractivity contribution is -0.140. The molecule has 3 nitrogen and oxygen atoms in total. The molecular weight excluding hydrogens is 190 g/mol. The molecule has 0 aromatic heterocycles. The summed E-state index contributed by atoms with van der Waals surface area (Å²) in [6, 6.07) is 9.01. The summed E-state index contributed by atoms with van der Waals surface area (Å²) < 4.78 is 4.49. The number of ether oxygens (including phenoxy) is 1. The van der Waals surface area contributed by atoms with E-state index in [0.717, 1.165) is 5.56 Å². The van der Waals surface area contributed by atoms with E-state index in [-0.39, 0.29) is 12.4 Å². The van der Waals surface area contributed by atoms with Gasteiger partial charge in [0.2, 0.25) is 0 Å². The van der Waals surface area contributed by atoms with E-state index >= 15 is 0 Å². The third-order valence-electron chi connectivity index (χ3n) is 1.79. The van der Waals surface area contributed by atoms with Gasteiger partial charge in [0.25, 0.3) is 0 Å². The van der Waals surface area contributed by atoms with Crippen molar-refractivity contribution in [3.63, 3.8) is 0 Å². The van der Waals surface area contributed by atoms with Crippen LogP contribution in [0.15, 0.2) is 30.3 Å². The summed E-state index contributed by atoms with van der Waals surface area (Å²) in [6.07, 6.45) is 0.121. The summed E-state index contributed by atoms with van der Waals surface area (Å²) in [4.78, 5) is 10.9. The molecule has 0 bridgehead atoms. The molecule has 2 N–H and O–H groups in total. The lowest BCUT2D eigenvalue weighted by Crippen LogP contribution is -2.22. The van der Waals surface area contributed by atoms with Crippen LogP contribution in [0.5, 0.6) is 0 Å². The molecule has 0 aliphatic carbocycles. The average molecular weight is 203 g/mol. The maximum atomic E-state index is 10.9. The fraction of sp³-hybridized carbons (Fsp3) is 0.250. The lowest BCUT2D eigenvalue weighted by Gasteiger charge is -2.00. The Balaban J connectivity index is 2.55. The van der Waals surface area contributed by atoms with Crippen molar-refractivity contribution in [3.05, 3.63) is 35.9 Å². The van der Waals surface area contributed by atoms with Gasteiger partial charge < -0.3 is 10.5 Å². The lowest BCUT2D eigenvalue weighted by atomic mass is 10.2. The Morgan fingerprint density at radius 3 is 2.73 bits per heavy atom. The first-order valence-electron chi connectivity index (χ1n) is 4.61. The number of carbonyl (C=O) groups excluding carboxylic acids is 1. The molecular formula is C12H13NO2. The van der Waals surface area contributed by atoms with E-state index in [1.54, 1.807) is 0 Å². The van der Waals surface area contributed by atoms with Crippen molar-refractivity contribution < 1.29 is 9.53 Å². The van der Waals surface area contributed by atoms with Crippen LogP contribution in [0.25, 0.3) is 0 Å². The van der Waals surface area contributed by atoms with Crippen LogP contribution in [0.1, 0.15) is 12.0 Å². The number of esters is 1. The van der Waals surface area contributed by atoms with Gasteiger partial charge in [-0.1, -0.05) is 30.0 Å². The van der Waals surface area contributed by atoms with E-state index in [2.05, 4.69) is 16.6 Å². The second-order valence-corrected chi connectivity index (χ2v) is 3.02. The van der Waals surface area contributed by atoms with Gasteiger partial charge in [0.05, 0.1) is 19.6 Å². The van der Waals surface area contributed by atoms with E-state index in [9.17, 15) is 4.79 Å². The van der Waals surface area contributed by atoms with Gasteiger partial charge in [-0.2, -0.15) is 0 Å². The maximum absolute atomic E-state index is 10.9. The quantitative estimate of drug-likeness (QED) is 0.574. The van der Waals surface area contributed by atoms with Crippen LogP contribution in [-0.4, -0.2) is 19.1 Å². The van der Waals surface area contributed by atoms with E-state index < -0.39 is 6.04 Å². The smallest absolute Gasteiger partial charge is 0.308 e. The molecule has 0 spiro atoms. The van der Waals surface area contributed by atoms with Gasteiger partial charge in [-0.25, -0.2) is 0 Å². The highest BCUT2D eigenvalue weighted by molar-refractivity contribution is 5.70. The molecule has 0 fully saturated rings. The third-order valence-corrected chi connectivity index (χ3v) is 1.79. The molecule has 1 aromatic carbocycles. The van der Waals surface area contributed by atoms with Gasteiger partial charge in [-0.3, -0.25) is 4.79 Å². The van der Waals surface area contributed by atoms with Crippen LogP contribution in [0.2, 0.25) is 0 Å². The fourth-order valence-corrected chi connectivity index (χ4v) is 1.01. The van der Waals surface area contributed by atoms with Crippen molar-refractivity contribution in [1.29, 1.82) is 0 Å². The predicted molar refractivity (Wildman–Crippen MR) is 57.9 cm³/mol. The first kappa shape index (κ1) is 11.3. The summed E-state index contributed by atoms with van der Waals surface area (Å²) in [5, 5.41) is 0.